The molecule has 260 valence electrons. The van der Waals surface area contributed by atoms with Crippen molar-refractivity contribution >= 4 is 17.8 Å². The van der Waals surface area contributed by atoms with Gasteiger partial charge in [0.15, 0.2) is 12.2 Å². The number of rotatable bonds is 14. The maximum atomic E-state index is 13.3. The van der Waals surface area contributed by atoms with Gasteiger partial charge in [-0.3, -0.25) is 9.59 Å². The van der Waals surface area contributed by atoms with Crippen LogP contribution < -0.4 is 5.32 Å². The molecule has 1 aliphatic carbocycles. The van der Waals surface area contributed by atoms with E-state index >= 15 is 0 Å². The fraction of sp³-hybridized carbons (Fsp3) is 0.897. The summed E-state index contributed by atoms with van der Waals surface area (Å²) in [6.07, 6.45) is -11.1. The fourth-order valence-corrected chi connectivity index (χ4v) is 6.79. The SMILES string of the molecule is CCCC1CC(C(=O)OCC(O)C2OC(=O)C(O)C2O)C(COCC2OC(CO)C(O)C(COC)C2(C)NC(C)=O)C(O)C1O. The third kappa shape index (κ3) is 8.30. The Labute approximate surface area is 261 Å². The number of aliphatic hydroxyl groups is 7. The molecule has 3 fully saturated rings. The van der Waals surface area contributed by atoms with E-state index in [0.29, 0.717) is 12.8 Å². The van der Waals surface area contributed by atoms with Crippen LogP contribution in [0.1, 0.15) is 40.0 Å². The lowest BCUT2D eigenvalue weighted by molar-refractivity contribution is -0.223. The van der Waals surface area contributed by atoms with Gasteiger partial charge in [-0.15, -0.1) is 0 Å². The number of aliphatic hydroxyl groups excluding tert-OH is 7. The molecule has 3 rings (SSSR count). The van der Waals surface area contributed by atoms with Crippen molar-refractivity contribution in [2.75, 3.05) is 40.1 Å². The van der Waals surface area contributed by atoms with Gasteiger partial charge >= 0.3 is 11.9 Å². The molecule has 3 aliphatic rings. The lowest BCUT2D eigenvalue weighted by Gasteiger charge is -2.51. The number of hydrogen-bond acceptors (Lipinski definition) is 15. The molecular formula is C29H49NO15. The molecule has 2 saturated heterocycles. The molecule has 0 spiro atoms. The van der Waals surface area contributed by atoms with Crippen molar-refractivity contribution in [3.05, 3.63) is 0 Å². The van der Waals surface area contributed by atoms with E-state index in [4.69, 9.17) is 23.7 Å². The largest absolute Gasteiger partial charge is 0.463 e. The van der Waals surface area contributed by atoms with E-state index in [1.54, 1.807) is 6.92 Å². The number of carbonyl (C=O) groups excluding carboxylic acids is 3. The van der Waals surface area contributed by atoms with E-state index < -0.39 is 115 Å². The molecule has 0 aromatic carbocycles. The van der Waals surface area contributed by atoms with Gasteiger partial charge in [-0.25, -0.2) is 4.79 Å². The zero-order valence-corrected chi connectivity index (χ0v) is 26.1. The summed E-state index contributed by atoms with van der Waals surface area (Å²) in [5.41, 5.74) is -1.21. The molecule has 45 heavy (non-hydrogen) atoms. The van der Waals surface area contributed by atoms with Gasteiger partial charge in [0.2, 0.25) is 5.91 Å². The highest BCUT2D eigenvalue weighted by molar-refractivity contribution is 5.78. The molecule has 14 unspecified atom stereocenters. The van der Waals surface area contributed by atoms with Gasteiger partial charge in [0.05, 0.1) is 56.2 Å². The van der Waals surface area contributed by atoms with E-state index in [-0.39, 0.29) is 26.2 Å². The fourth-order valence-electron chi connectivity index (χ4n) is 6.79. The predicted molar refractivity (Wildman–Crippen MR) is 151 cm³/mol. The molecule has 1 saturated carbocycles. The van der Waals surface area contributed by atoms with Crippen LogP contribution in [0.5, 0.6) is 0 Å². The number of carbonyl (C=O) groups is 3. The van der Waals surface area contributed by atoms with E-state index in [1.165, 1.54) is 14.0 Å². The molecule has 0 bridgehead atoms. The Morgan fingerprint density at radius 1 is 1.07 bits per heavy atom. The number of ether oxygens (including phenoxy) is 5. The monoisotopic (exact) mass is 651 g/mol. The molecular weight excluding hydrogens is 602 g/mol. The number of methoxy groups -OCH3 is 1. The van der Waals surface area contributed by atoms with Gasteiger partial charge in [-0.2, -0.15) is 0 Å². The quantitative estimate of drug-likeness (QED) is 0.0853. The Morgan fingerprint density at radius 3 is 2.31 bits per heavy atom. The average Bonchev–Trinajstić information content (AvgIpc) is 3.25. The number of cyclic esters (lactones) is 1. The molecule has 0 aromatic heterocycles. The van der Waals surface area contributed by atoms with Crippen LogP contribution in [-0.4, -0.2) is 154 Å². The van der Waals surface area contributed by atoms with Crippen molar-refractivity contribution in [3.8, 4) is 0 Å². The normalized spacial score (nSPS) is 40.9. The minimum Gasteiger partial charge on any atom is -0.463 e. The summed E-state index contributed by atoms with van der Waals surface area (Å²) >= 11 is 0. The van der Waals surface area contributed by atoms with Gasteiger partial charge in [0.25, 0.3) is 0 Å². The second-order valence-electron chi connectivity index (χ2n) is 12.5. The van der Waals surface area contributed by atoms with E-state index in [0.717, 1.165) is 0 Å². The lowest BCUT2D eigenvalue weighted by atomic mass is 9.69. The van der Waals surface area contributed by atoms with Crippen molar-refractivity contribution in [2.24, 2.45) is 23.7 Å². The Hall–Kier alpha value is -1.99. The standard InChI is InChI=1S/C29H49NO15/c1-5-6-14-7-15(27(39)43-11-18(33)26-24(37)25(38)28(40)45-26)16(22(35)21(14)34)9-42-12-20-29(3,30-13(2)32)17(10-41-4)23(36)19(8-31)44-20/h14-26,31,33-38H,5-12H2,1-4H3,(H,30,32). The topological polar surface area (TPSA) is 251 Å². The summed E-state index contributed by atoms with van der Waals surface area (Å²) in [5.74, 6) is -5.45. The maximum absolute atomic E-state index is 13.3. The van der Waals surface area contributed by atoms with Crippen LogP contribution in [0, 0.1) is 23.7 Å². The van der Waals surface area contributed by atoms with E-state index in [9.17, 15) is 50.1 Å². The molecule has 16 heteroatoms. The maximum Gasteiger partial charge on any atom is 0.338 e. The van der Waals surface area contributed by atoms with Crippen LogP contribution in [0.15, 0.2) is 0 Å². The van der Waals surface area contributed by atoms with Crippen molar-refractivity contribution in [1.82, 2.24) is 5.32 Å². The number of nitrogens with one attached hydrogen (secondary N) is 1. The molecule has 16 nitrogen and oxygen atoms in total. The molecule has 2 aliphatic heterocycles. The summed E-state index contributed by atoms with van der Waals surface area (Å²) in [5, 5.41) is 75.4. The van der Waals surface area contributed by atoms with Gasteiger partial charge in [0.1, 0.15) is 31.0 Å². The second kappa shape index (κ2) is 16.2. The van der Waals surface area contributed by atoms with E-state index in [2.05, 4.69) is 5.32 Å². The Bertz CT molecular complexity index is 1000. The first-order valence-corrected chi connectivity index (χ1v) is 15.3. The van der Waals surface area contributed by atoms with Crippen molar-refractivity contribution in [2.45, 2.75) is 101 Å². The Balaban J connectivity index is 1.75. The smallest absolute Gasteiger partial charge is 0.338 e. The summed E-state index contributed by atoms with van der Waals surface area (Å²) in [6, 6.07) is 0. The highest BCUT2D eigenvalue weighted by atomic mass is 16.6. The Kier molecular flexibility index (Phi) is 13.5. The van der Waals surface area contributed by atoms with Crippen LogP contribution in [0.4, 0.5) is 0 Å². The second-order valence-corrected chi connectivity index (χ2v) is 12.5. The zero-order chi connectivity index (χ0) is 33.6. The molecule has 0 aromatic rings. The summed E-state index contributed by atoms with van der Waals surface area (Å²) < 4.78 is 27.3. The van der Waals surface area contributed by atoms with Crippen LogP contribution in [0.3, 0.4) is 0 Å². The van der Waals surface area contributed by atoms with Crippen LogP contribution in [-0.2, 0) is 38.1 Å². The Morgan fingerprint density at radius 2 is 1.76 bits per heavy atom. The summed E-state index contributed by atoms with van der Waals surface area (Å²) in [4.78, 5) is 37.0. The van der Waals surface area contributed by atoms with Crippen molar-refractivity contribution < 1.29 is 73.8 Å². The molecule has 0 radical (unpaired) electrons. The van der Waals surface area contributed by atoms with Crippen LogP contribution in [0.25, 0.3) is 0 Å². The first-order valence-electron chi connectivity index (χ1n) is 15.3. The molecule has 2 heterocycles. The zero-order valence-electron chi connectivity index (χ0n) is 26.1. The first-order chi connectivity index (χ1) is 21.2. The number of esters is 2. The van der Waals surface area contributed by atoms with Gasteiger partial charge in [0, 0.05) is 25.9 Å². The van der Waals surface area contributed by atoms with E-state index in [1.807, 2.05) is 6.92 Å². The summed E-state index contributed by atoms with van der Waals surface area (Å²) in [6.45, 7) is 3.21. The minimum absolute atomic E-state index is 0.0243. The first kappa shape index (κ1) is 37.5. The van der Waals surface area contributed by atoms with Crippen LogP contribution in [0.2, 0.25) is 0 Å². The van der Waals surface area contributed by atoms with Crippen molar-refractivity contribution in [3.63, 3.8) is 0 Å². The average molecular weight is 652 g/mol. The predicted octanol–water partition coefficient (Wildman–Crippen LogP) is -3.39. The molecule has 8 N–H and O–H groups in total. The third-order valence-electron chi connectivity index (χ3n) is 9.36. The highest BCUT2D eigenvalue weighted by Gasteiger charge is 2.54. The van der Waals surface area contributed by atoms with Gasteiger partial charge < -0.3 is 64.7 Å². The van der Waals surface area contributed by atoms with Crippen molar-refractivity contribution in [1.29, 1.82) is 0 Å². The molecule has 1 amide bonds. The van der Waals surface area contributed by atoms with Gasteiger partial charge in [-0.05, 0) is 25.7 Å². The van der Waals surface area contributed by atoms with Crippen LogP contribution >= 0.6 is 0 Å². The number of amides is 1. The summed E-state index contributed by atoms with van der Waals surface area (Å²) in [7, 11) is 1.43. The highest BCUT2D eigenvalue weighted by Crippen LogP contribution is 2.39. The van der Waals surface area contributed by atoms with Gasteiger partial charge in [-0.1, -0.05) is 13.3 Å². The lowest BCUT2D eigenvalue weighted by Crippen LogP contribution is -2.70. The third-order valence-corrected chi connectivity index (χ3v) is 9.36. The number of hydrogen-bond donors (Lipinski definition) is 8. The minimum atomic E-state index is -1.84. The molecule has 14 atom stereocenters.